The van der Waals surface area contributed by atoms with Gasteiger partial charge in [0.1, 0.15) is 29.5 Å². The molecule has 3 N–H and O–H groups in total. The molecule has 1 unspecified atom stereocenters. The topological polar surface area (TPSA) is 195 Å². The zero-order chi connectivity index (χ0) is 46.4. The monoisotopic (exact) mass is 912 g/mol. The molecule has 63 heavy (non-hydrogen) atoms. The van der Waals surface area contributed by atoms with E-state index in [4.69, 9.17) is 14.2 Å². The number of sulfonamides is 1. The molecule has 0 radical (unpaired) electrons. The summed E-state index contributed by atoms with van der Waals surface area (Å²) in [6, 6.07) is 2.32. The van der Waals surface area contributed by atoms with Gasteiger partial charge in [-0.2, -0.15) is 8.78 Å². The predicted molar refractivity (Wildman–Crippen MR) is 223 cm³/mol. The first-order valence-corrected chi connectivity index (χ1v) is 23.1. The van der Waals surface area contributed by atoms with Crippen molar-refractivity contribution in [2.45, 2.75) is 147 Å². The van der Waals surface area contributed by atoms with Crippen molar-refractivity contribution in [3.8, 4) is 11.6 Å². The van der Waals surface area contributed by atoms with Crippen molar-refractivity contribution in [1.82, 2.24) is 30.2 Å². The van der Waals surface area contributed by atoms with Gasteiger partial charge < -0.3 is 29.7 Å². The Bertz CT molecular complexity index is 2190. The third-order valence-corrected chi connectivity index (χ3v) is 15.7. The molecule has 0 bridgehead atoms. The van der Waals surface area contributed by atoms with Crippen molar-refractivity contribution < 1.29 is 59.4 Å². The van der Waals surface area contributed by atoms with Gasteiger partial charge in [-0.1, -0.05) is 41.0 Å². The average molecular weight is 913 g/mol. The fraction of sp³-hybridized carbons (Fsp3) is 0.721. The molecule has 4 aliphatic rings. The first kappa shape index (κ1) is 48.0. The summed E-state index contributed by atoms with van der Waals surface area (Å²) in [5.74, 6) is -8.01. The smallest absolute Gasteiger partial charge is 0.408 e. The van der Waals surface area contributed by atoms with Crippen molar-refractivity contribution >= 4 is 44.9 Å². The number of benzene rings is 1. The van der Waals surface area contributed by atoms with Gasteiger partial charge in [0.25, 0.3) is 11.8 Å². The molecule has 1 aromatic heterocycles. The molecule has 8 atom stereocenters. The number of likely N-dealkylation sites (tertiary alicyclic amines) is 1. The van der Waals surface area contributed by atoms with Crippen molar-refractivity contribution in [2.24, 2.45) is 29.1 Å². The number of carbonyl (C=O) groups excluding carboxylic acids is 4. The van der Waals surface area contributed by atoms with Crippen LogP contribution in [-0.4, -0.2) is 103 Å². The summed E-state index contributed by atoms with van der Waals surface area (Å²) in [4.78, 5) is 64.9. The number of hydrogen-bond acceptors (Lipinski definition) is 11. The van der Waals surface area contributed by atoms with Gasteiger partial charge in [-0.15, -0.1) is 0 Å². The van der Waals surface area contributed by atoms with E-state index in [9.17, 15) is 36.4 Å². The number of carbonyl (C=O) groups is 4. The molecule has 4 amide bonds. The van der Waals surface area contributed by atoms with Crippen molar-refractivity contribution in [2.75, 3.05) is 20.8 Å². The van der Waals surface area contributed by atoms with E-state index in [0.717, 1.165) is 6.42 Å². The molecule has 3 saturated carbocycles. The number of hydrogen-bond donors (Lipinski definition) is 3. The van der Waals surface area contributed by atoms with Crippen LogP contribution in [0.25, 0.3) is 11.0 Å². The van der Waals surface area contributed by atoms with Crippen LogP contribution in [0.1, 0.15) is 111 Å². The summed E-state index contributed by atoms with van der Waals surface area (Å²) in [6.45, 7) is 10.4. The molecule has 2 aromatic rings. The Hall–Kier alpha value is -4.49. The second-order valence-electron chi connectivity index (χ2n) is 19.2. The van der Waals surface area contributed by atoms with Gasteiger partial charge >= 0.3 is 6.09 Å². The van der Waals surface area contributed by atoms with E-state index >= 15 is 8.78 Å². The van der Waals surface area contributed by atoms with E-state index in [1.54, 1.807) is 45.9 Å². The van der Waals surface area contributed by atoms with Gasteiger partial charge in [-0.05, 0) is 93.6 Å². The maximum atomic E-state index is 15.6. The van der Waals surface area contributed by atoms with Crippen LogP contribution in [-0.2, 0) is 35.1 Å². The summed E-state index contributed by atoms with van der Waals surface area (Å²) < 4.78 is 102. The number of rotatable bonds is 17. The molecule has 1 aliphatic heterocycles. The summed E-state index contributed by atoms with van der Waals surface area (Å²) in [7, 11) is -1.46. The number of amides is 4. The molecule has 4 fully saturated rings. The lowest BCUT2D eigenvalue weighted by Crippen LogP contribution is -2.61. The van der Waals surface area contributed by atoms with E-state index in [0.29, 0.717) is 49.8 Å². The maximum Gasteiger partial charge on any atom is 0.408 e. The SMILES string of the molecule is COc1ccc2nc(C(F)(F)CCCC[C@@H]3[C@@H](C)CC[C@H]3OC(=O)N[C@H](C(=O)N3CC[C@@H](C)[C@H]3C(=O)N[C@]3(C(=O)NS(=O)(=O)C4(C)CC4)CC3C(F)F)C(C)(C)C)c(OC)nc2c1. The van der Waals surface area contributed by atoms with Crippen LogP contribution in [0.4, 0.5) is 22.4 Å². The Kier molecular flexibility index (Phi) is 13.6. The molecular weight excluding hydrogens is 853 g/mol. The quantitative estimate of drug-likeness (QED) is 0.120. The second-order valence-corrected chi connectivity index (χ2v) is 21.4. The number of ether oxygens (including phenoxy) is 3. The maximum absolute atomic E-state index is 15.6. The zero-order valence-electron chi connectivity index (χ0n) is 37.1. The first-order valence-electron chi connectivity index (χ1n) is 21.6. The zero-order valence-corrected chi connectivity index (χ0v) is 37.9. The highest BCUT2D eigenvalue weighted by molar-refractivity contribution is 7.91. The molecule has 350 valence electrons. The molecule has 6 rings (SSSR count). The highest BCUT2D eigenvalue weighted by atomic mass is 32.2. The highest BCUT2D eigenvalue weighted by Gasteiger charge is 2.67. The van der Waals surface area contributed by atoms with Crippen molar-refractivity contribution in [3.05, 3.63) is 23.9 Å². The van der Waals surface area contributed by atoms with E-state index in [1.165, 1.54) is 26.0 Å². The Morgan fingerprint density at radius 3 is 2.27 bits per heavy atom. The highest BCUT2D eigenvalue weighted by Crippen LogP contribution is 2.50. The Morgan fingerprint density at radius 1 is 0.968 bits per heavy atom. The molecule has 1 saturated heterocycles. The van der Waals surface area contributed by atoms with Gasteiger partial charge in [-0.25, -0.2) is 32.0 Å². The molecule has 15 nitrogen and oxygen atoms in total. The fourth-order valence-corrected chi connectivity index (χ4v) is 10.3. The average Bonchev–Trinajstić information content (AvgIpc) is 4.07. The van der Waals surface area contributed by atoms with E-state index in [2.05, 4.69) is 20.6 Å². The number of aromatic nitrogens is 2. The number of halogens is 4. The van der Waals surface area contributed by atoms with Crippen LogP contribution in [0.5, 0.6) is 11.6 Å². The lowest BCUT2D eigenvalue weighted by molar-refractivity contribution is -0.143. The number of alkyl carbamates (subject to hydrolysis) is 1. The first-order chi connectivity index (χ1) is 29.4. The minimum Gasteiger partial charge on any atom is -0.497 e. The van der Waals surface area contributed by atoms with E-state index < -0.39 is 110 Å². The lowest BCUT2D eigenvalue weighted by Gasteiger charge is -2.36. The summed E-state index contributed by atoms with van der Waals surface area (Å²) in [6.07, 6.45) is -2.22. The van der Waals surface area contributed by atoms with Crippen LogP contribution in [0.3, 0.4) is 0 Å². The summed E-state index contributed by atoms with van der Waals surface area (Å²) >= 11 is 0. The van der Waals surface area contributed by atoms with Crippen LogP contribution in [0, 0.1) is 29.1 Å². The predicted octanol–water partition coefficient (Wildman–Crippen LogP) is 6.23. The van der Waals surface area contributed by atoms with Gasteiger partial charge in [-0.3, -0.25) is 19.1 Å². The summed E-state index contributed by atoms with van der Waals surface area (Å²) in [5, 5.41) is 5.13. The normalized spacial score (nSPS) is 27.2. The van der Waals surface area contributed by atoms with Gasteiger partial charge in [0.05, 0.1) is 35.9 Å². The van der Waals surface area contributed by atoms with Crippen molar-refractivity contribution in [1.29, 1.82) is 0 Å². The number of nitrogens with one attached hydrogen (secondary N) is 3. The molecule has 0 spiro atoms. The van der Waals surface area contributed by atoms with Crippen LogP contribution in [0.2, 0.25) is 0 Å². The number of alkyl halides is 4. The molecule has 2 heterocycles. The third-order valence-electron chi connectivity index (χ3n) is 13.6. The third kappa shape index (κ3) is 9.94. The molecule has 20 heteroatoms. The molecular formula is C43H60F4N6O9S. The Balaban J connectivity index is 1.07. The lowest BCUT2D eigenvalue weighted by atomic mass is 9.85. The van der Waals surface area contributed by atoms with Crippen LogP contribution in [0.15, 0.2) is 18.2 Å². The van der Waals surface area contributed by atoms with Crippen LogP contribution >= 0.6 is 0 Å². The number of methoxy groups -OCH3 is 2. The largest absolute Gasteiger partial charge is 0.497 e. The standard InChI is InChI=1S/C43H60F4N6O9S/c1-23-12-15-30(26(23)11-9-10-17-43(46,47)32-36(61-8)49-29-21-25(60-7)13-14-28(29)48-32)62-39(57)50-33(40(3,4)5)37(55)53-20-16-24(2)31(53)35(54)51-42(22-27(42)34(44)45)38(56)52-63(58,59)41(6)18-19-41/h13-14,21,23-24,26-27,30-31,33-34H,9-12,15-20,22H2,1-8H3,(H,50,57)(H,51,54)(H,52,56)/t23-,24+,26+,27?,30+,31-,33+,42+/m0/s1. The van der Waals surface area contributed by atoms with Gasteiger partial charge in [0.2, 0.25) is 34.1 Å². The Morgan fingerprint density at radius 2 is 1.67 bits per heavy atom. The summed E-state index contributed by atoms with van der Waals surface area (Å²) in [5.41, 5.74) is -3.03. The van der Waals surface area contributed by atoms with Gasteiger partial charge in [0.15, 0.2) is 5.69 Å². The van der Waals surface area contributed by atoms with E-state index in [1.807, 2.05) is 11.6 Å². The minimum absolute atomic E-state index is 0.0856. The van der Waals surface area contributed by atoms with Crippen LogP contribution < -0.4 is 24.8 Å². The number of unbranched alkanes of at least 4 members (excludes halogenated alkanes) is 1. The van der Waals surface area contributed by atoms with E-state index in [-0.39, 0.29) is 36.2 Å². The minimum atomic E-state index is -4.20. The Labute approximate surface area is 365 Å². The number of nitrogens with zero attached hydrogens (tertiary/aromatic N) is 3. The number of fused-ring (bicyclic) bond motifs is 1. The molecule has 3 aliphatic carbocycles. The van der Waals surface area contributed by atoms with Gasteiger partial charge in [0, 0.05) is 19.0 Å². The molecule has 1 aromatic carbocycles. The fourth-order valence-electron chi connectivity index (χ4n) is 9.04. The van der Waals surface area contributed by atoms with Crippen molar-refractivity contribution in [3.63, 3.8) is 0 Å². The second kappa shape index (κ2) is 17.8.